The molecule has 2 atom stereocenters. The molecule has 0 saturated carbocycles. The van der Waals surface area contributed by atoms with Gasteiger partial charge in [0.25, 0.3) is 0 Å². The summed E-state index contributed by atoms with van der Waals surface area (Å²) in [6.07, 6.45) is 5.98. The van der Waals surface area contributed by atoms with Crippen LogP contribution in [0.2, 0.25) is 0 Å². The zero-order chi connectivity index (χ0) is 6.69. The number of halogens is 1. The Hall–Kier alpha value is -0.0500. The highest BCUT2D eigenvalue weighted by atomic mass is 35.5. The number of hydrogen-bond acceptors (Lipinski definition) is 2. The van der Waals surface area contributed by atoms with E-state index in [1.807, 2.05) is 6.08 Å². The van der Waals surface area contributed by atoms with Crippen LogP contribution >= 0.6 is 12.4 Å². The Morgan fingerprint density at radius 3 is 2.70 bits per heavy atom. The minimum Gasteiger partial charge on any atom is -0.396 e. The van der Waals surface area contributed by atoms with Crippen molar-refractivity contribution in [3.8, 4) is 0 Å². The fourth-order valence-corrected chi connectivity index (χ4v) is 1.15. The van der Waals surface area contributed by atoms with Gasteiger partial charge in [-0.15, -0.1) is 12.4 Å². The number of nitrogens with two attached hydrogens (primary N) is 1. The van der Waals surface area contributed by atoms with E-state index in [1.165, 1.54) is 0 Å². The van der Waals surface area contributed by atoms with Crippen LogP contribution < -0.4 is 5.73 Å². The SMILES string of the molecule is Cl.N[C@H]1C=CC[C@@H](CO)C1. The molecule has 10 heavy (non-hydrogen) atoms. The first-order valence-corrected chi connectivity index (χ1v) is 3.36. The summed E-state index contributed by atoms with van der Waals surface area (Å²) in [4.78, 5) is 0. The molecule has 3 N–H and O–H groups in total. The third-order valence-electron chi connectivity index (χ3n) is 1.72. The summed E-state index contributed by atoms with van der Waals surface area (Å²) >= 11 is 0. The predicted molar refractivity (Wildman–Crippen MR) is 44.2 cm³/mol. The lowest BCUT2D eigenvalue weighted by Crippen LogP contribution is -2.25. The molecule has 0 spiro atoms. The van der Waals surface area contributed by atoms with Gasteiger partial charge in [-0.05, 0) is 18.8 Å². The predicted octanol–water partition coefficient (Wildman–Crippen LogP) is 0.694. The molecular weight excluding hydrogens is 150 g/mol. The number of aliphatic hydroxyl groups excluding tert-OH is 1. The molecule has 2 nitrogen and oxygen atoms in total. The van der Waals surface area contributed by atoms with Gasteiger partial charge in [-0.1, -0.05) is 12.2 Å². The van der Waals surface area contributed by atoms with Crippen molar-refractivity contribution in [1.82, 2.24) is 0 Å². The topological polar surface area (TPSA) is 46.2 Å². The number of allylic oxidation sites excluding steroid dienone is 1. The van der Waals surface area contributed by atoms with Gasteiger partial charge in [0.1, 0.15) is 0 Å². The Balaban J connectivity index is 0.000000810. The largest absolute Gasteiger partial charge is 0.396 e. The van der Waals surface area contributed by atoms with Gasteiger partial charge < -0.3 is 10.8 Å². The minimum absolute atomic E-state index is 0. The van der Waals surface area contributed by atoms with Gasteiger partial charge in [-0.2, -0.15) is 0 Å². The Kier molecular flexibility index (Phi) is 4.69. The van der Waals surface area contributed by atoms with E-state index in [4.69, 9.17) is 10.8 Å². The fraction of sp³-hybridized carbons (Fsp3) is 0.714. The first-order valence-electron chi connectivity index (χ1n) is 3.36. The van der Waals surface area contributed by atoms with Crippen LogP contribution in [0.5, 0.6) is 0 Å². The molecule has 1 aliphatic carbocycles. The van der Waals surface area contributed by atoms with Crippen LogP contribution in [0.1, 0.15) is 12.8 Å². The summed E-state index contributed by atoms with van der Waals surface area (Å²) in [5.74, 6) is 0.407. The van der Waals surface area contributed by atoms with E-state index in [0.717, 1.165) is 12.8 Å². The second-order valence-corrected chi connectivity index (χ2v) is 2.61. The molecule has 1 rings (SSSR count). The van der Waals surface area contributed by atoms with E-state index in [0.29, 0.717) is 5.92 Å². The molecule has 0 radical (unpaired) electrons. The van der Waals surface area contributed by atoms with Crippen molar-refractivity contribution in [2.45, 2.75) is 18.9 Å². The van der Waals surface area contributed by atoms with Crippen LogP contribution in [0.25, 0.3) is 0 Å². The average molecular weight is 164 g/mol. The first kappa shape index (κ1) is 9.95. The standard InChI is InChI=1S/C7H13NO.ClH/c8-7-3-1-2-6(4-7)5-9;/h1,3,6-7,9H,2,4-5,8H2;1H/t6-,7+;/m1./s1. The molecule has 1 aliphatic rings. The van der Waals surface area contributed by atoms with Gasteiger partial charge in [0.15, 0.2) is 0 Å². The van der Waals surface area contributed by atoms with Gasteiger partial charge >= 0.3 is 0 Å². The van der Waals surface area contributed by atoms with Crippen molar-refractivity contribution >= 4 is 12.4 Å². The molecule has 0 aromatic rings. The first-order chi connectivity index (χ1) is 4.33. The highest BCUT2D eigenvalue weighted by Crippen LogP contribution is 2.15. The van der Waals surface area contributed by atoms with Crippen LogP contribution in [0.3, 0.4) is 0 Å². The summed E-state index contributed by atoms with van der Waals surface area (Å²) in [5, 5.41) is 8.72. The molecule has 0 aliphatic heterocycles. The maximum atomic E-state index is 8.72. The Morgan fingerprint density at radius 2 is 2.30 bits per heavy atom. The van der Waals surface area contributed by atoms with Crippen molar-refractivity contribution in [1.29, 1.82) is 0 Å². The number of aliphatic hydroxyl groups is 1. The highest BCUT2D eigenvalue weighted by molar-refractivity contribution is 5.85. The van der Waals surface area contributed by atoms with Gasteiger partial charge in [0.05, 0.1) is 0 Å². The highest BCUT2D eigenvalue weighted by Gasteiger charge is 2.12. The lowest BCUT2D eigenvalue weighted by Gasteiger charge is -2.19. The molecule has 0 aromatic carbocycles. The molecule has 0 bridgehead atoms. The Labute approximate surface area is 67.5 Å². The molecule has 60 valence electrons. The number of hydrogen-bond donors (Lipinski definition) is 2. The molecule has 0 amide bonds. The van der Waals surface area contributed by atoms with Crippen molar-refractivity contribution in [2.75, 3.05) is 6.61 Å². The zero-order valence-electron chi connectivity index (χ0n) is 5.86. The smallest absolute Gasteiger partial charge is 0.0462 e. The van der Waals surface area contributed by atoms with Gasteiger partial charge in [-0.25, -0.2) is 0 Å². The molecule has 3 heteroatoms. The number of rotatable bonds is 1. The van der Waals surface area contributed by atoms with E-state index in [-0.39, 0.29) is 25.1 Å². The summed E-state index contributed by atoms with van der Waals surface area (Å²) in [5.41, 5.74) is 5.60. The normalized spacial score (nSPS) is 31.4. The van der Waals surface area contributed by atoms with E-state index < -0.39 is 0 Å². The van der Waals surface area contributed by atoms with E-state index in [1.54, 1.807) is 0 Å². The van der Waals surface area contributed by atoms with Gasteiger partial charge in [0.2, 0.25) is 0 Å². The van der Waals surface area contributed by atoms with Crippen molar-refractivity contribution in [2.24, 2.45) is 11.7 Å². The van der Waals surface area contributed by atoms with Crippen LogP contribution in [-0.4, -0.2) is 17.8 Å². The van der Waals surface area contributed by atoms with Crippen LogP contribution in [0.4, 0.5) is 0 Å². The molecule has 0 heterocycles. The van der Waals surface area contributed by atoms with Crippen LogP contribution in [-0.2, 0) is 0 Å². The quantitative estimate of drug-likeness (QED) is 0.559. The van der Waals surface area contributed by atoms with Crippen molar-refractivity contribution < 1.29 is 5.11 Å². The van der Waals surface area contributed by atoms with E-state index in [9.17, 15) is 0 Å². The van der Waals surface area contributed by atoms with Gasteiger partial charge in [-0.3, -0.25) is 0 Å². The van der Waals surface area contributed by atoms with Crippen molar-refractivity contribution in [3.05, 3.63) is 12.2 Å². The maximum absolute atomic E-state index is 8.72. The third kappa shape index (κ3) is 2.69. The molecule has 0 saturated heterocycles. The summed E-state index contributed by atoms with van der Waals surface area (Å²) in [7, 11) is 0. The van der Waals surface area contributed by atoms with E-state index >= 15 is 0 Å². The maximum Gasteiger partial charge on any atom is 0.0462 e. The molecule has 0 unspecified atom stereocenters. The Morgan fingerprint density at radius 1 is 1.60 bits per heavy atom. The lowest BCUT2D eigenvalue weighted by atomic mass is 9.92. The van der Waals surface area contributed by atoms with Crippen LogP contribution in [0.15, 0.2) is 12.2 Å². The van der Waals surface area contributed by atoms with Gasteiger partial charge in [0, 0.05) is 12.6 Å². The minimum atomic E-state index is 0. The molecular formula is C7H14ClNO. The second kappa shape index (κ2) is 4.72. The summed E-state index contributed by atoms with van der Waals surface area (Å²) in [6.45, 7) is 0.276. The van der Waals surface area contributed by atoms with E-state index in [2.05, 4.69) is 6.08 Å². The molecule has 0 fully saturated rings. The third-order valence-corrected chi connectivity index (χ3v) is 1.72. The fourth-order valence-electron chi connectivity index (χ4n) is 1.15. The zero-order valence-corrected chi connectivity index (χ0v) is 6.68. The Bertz CT molecular complexity index is 116. The monoisotopic (exact) mass is 163 g/mol. The summed E-state index contributed by atoms with van der Waals surface area (Å²) in [6, 6.07) is 0.177. The summed E-state index contributed by atoms with van der Waals surface area (Å²) < 4.78 is 0. The second-order valence-electron chi connectivity index (χ2n) is 2.61. The molecule has 0 aromatic heterocycles. The average Bonchev–Trinajstić information content (AvgIpc) is 1.88. The van der Waals surface area contributed by atoms with Crippen LogP contribution in [0, 0.1) is 5.92 Å². The van der Waals surface area contributed by atoms with Crippen molar-refractivity contribution in [3.63, 3.8) is 0 Å². The lowest BCUT2D eigenvalue weighted by molar-refractivity contribution is 0.213.